The van der Waals surface area contributed by atoms with Gasteiger partial charge < -0.3 is 4.90 Å². The number of benzene rings is 2. The van der Waals surface area contributed by atoms with E-state index in [-0.39, 0.29) is 0 Å². The third-order valence-electron chi connectivity index (χ3n) is 4.58. The molecule has 1 fully saturated rings. The smallest absolute Gasteiger partial charge is 0.0206 e. The maximum absolute atomic E-state index is 2.50. The van der Waals surface area contributed by atoms with Crippen LogP contribution in [0.3, 0.4) is 0 Å². The van der Waals surface area contributed by atoms with Crippen molar-refractivity contribution in [1.82, 2.24) is 4.90 Å². The first-order chi connectivity index (χ1) is 11.8. The Morgan fingerprint density at radius 2 is 1.79 bits per heavy atom. The van der Waals surface area contributed by atoms with Crippen LogP contribution in [0.1, 0.15) is 24.0 Å². The van der Waals surface area contributed by atoms with Crippen LogP contribution in [-0.4, -0.2) is 30.8 Å². The minimum Gasteiger partial charge on any atom is -0.305 e. The van der Waals surface area contributed by atoms with Gasteiger partial charge in [0.2, 0.25) is 0 Å². The first kappa shape index (κ1) is 16.3. The van der Waals surface area contributed by atoms with Crippen LogP contribution in [0.15, 0.2) is 58.3 Å². The van der Waals surface area contributed by atoms with Crippen molar-refractivity contribution in [3.05, 3.63) is 59.7 Å². The lowest BCUT2D eigenvalue weighted by molar-refractivity contribution is 0.340. The lowest BCUT2D eigenvalue weighted by atomic mass is 10.1. The summed E-state index contributed by atoms with van der Waals surface area (Å²) in [7, 11) is 2.26. The summed E-state index contributed by atoms with van der Waals surface area (Å²) in [6, 6.07) is 17.5. The molecule has 24 heavy (non-hydrogen) atoms. The molecule has 1 aliphatic carbocycles. The fourth-order valence-electron chi connectivity index (χ4n) is 3.05. The molecule has 1 heterocycles. The molecule has 0 atom stereocenters. The van der Waals surface area contributed by atoms with Gasteiger partial charge in [0.25, 0.3) is 0 Å². The zero-order valence-electron chi connectivity index (χ0n) is 14.1. The molecule has 1 saturated carbocycles. The Kier molecular flexibility index (Phi) is 5.02. The van der Waals surface area contributed by atoms with Crippen LogP contribution in [0.4, 0.5) is 0 Å². The summed E-state index contributed by atoms with van der Waals surface area (Å²) in [6.45, 7) is 2.43. The molecular weight excluding hydrogens is 330 g/mol. The maximum Gasteiger partial charge on any atom is 0.0206 e. The Labute approximate surface area is 153 Å². The van der Waals surface area contributed by atoms with Crippen LogP contribution in [0.25, 0.3) is 11.0 Å². The highest BCUT2D eigenvalue weighted by molar-refractivity contribution is 8.08. The van der Waals surface area contributed by atoms with E-state index in [1.807, 2.05) is 23.5 Å². The average molecular weight is 354 g/mol. The summed E-state index contributed by atoms with van der Waals surface area (Å²) in [5.41, 5.74) is 2.72. The highest BCUT2D eigenvalue weighted by Crippen LogP contribution is 2.43. The van der Waals surface area contributed by atoms with E-state index < -0.39 is 0 Å². The minimum absolute atomic E-state index is 0.973. The second-order valence-electron chi connectivity index (χ2n) is 6.70. The molecule has 4 rings (SSSR count). The summed E-state index contributed by atoms with van der Waals surface area (Å²) >= 11 is 3.89. The highest BCUT2D eigenvalue weighted by Gasteiger charge is 2.22. The van der Waals surface area contributed by atoms with Gasteiger partial charge in [-0.2, -0.15) is 0 Å². The normalized spacial score (nSPS) is 16.3. The van der Waals surface area contributed by atoms with Crippen molar-refractivity contribution in [3.8, 4) is 0 Å². The molecular formula is C21H23NS2. The zero-order chi connectivity index (χ0) is 16.4. The maximum atomic E-state index is 2.50. The van der Waals surface area contributed by atoms with Crippen LogP contribution in [-0.2, 0) is 0 Å². The second kappa shape index (κ2) is 7.38. The first-order valence-corrected chi connectivity index (χ1v) is 10.5. The van der Waals surface area contributed by atoms with E-state index in [9.17, 15) is 0 Å². The van der Waals surface area contributed by atoms with E-state index in [2.05, 4.69) is 66.6 Å². The van der Waals surface area contributed by atoms with Gasteiger partial charge in [-0.3, -0.25) is 0 Å². The lowest BCUT2D eigenvalue weighted by Gasteiger charge is -2.16. The highest BCUT2D eigenvalue weighted by atomic mass is 32.2. The molecule has 0 aromatic heterocycles. The van der Waals surface area contributed by atoms with Crippen LogP contribution >= 0.6 is 23.5 Å². The number of nitrogens with zero attached hydrogens (tertiary/aromatic N) is 1. The average Bonchev–Trinajstić information content (AvgIpc) is 3.41. The molecule has 124 valence electrons. The summed E-state index contributed by atoms with van der Waals surface area (Å²) in [4.78, 5) is 6.62. The molecule has 2 aliphatic rings. The van der Waals surface area contributed by atoms with Gasteiger partial charge in [0.15, 0.2) is 0 Å². The molecule has 0 amide bonds. The first-order valence-electron chi connectivity index (χ1n) is 8.69. The lowest BCUT2D eigenvalue weighted by Crippen LogP contribution is -2.23. The molecule has 0 N–H and O–H groups in total. The van der Waals surface area contributed by atoms with Gasteiger partial charge in [-0.1, -0.05) is 48.2 Å². The SMILES string of the molecule is CN(CCSC1=Cc2ccccc2Sc2ccccc21)CC1CC1. The molecule has 0 bridgehead atoms. The van der Waals surface area contributed by atoms with E-state index in [0.29, 0.717) is 0 Å². The van der Waals surface area contributed by atoms with Crippen LogP contribution in [0, 0.1) is 5.92 Å². The molecule has 0 unspecified atom stereocenters. The quantitative estimate of drug-likeness (QED) is 0.653. The van der Waals surface area contributed by atoms with Crippen molar-refractivity contribution < 1.29 is 0 Å². The van der Waals surface area contributed by atoms with Gasteiger partial charge in [0, 0.05) is 39.1 Å². The Bertz CT molecular complexity index is 749. The fraction of sp³-hybridized carbons (Fsp3) is 0.333. The van der Waals surface area contributed by atoms with Crippen molar-refractivity contribution in [2.75, 3.05) is 25.9 Å². The molecule has 1 nitrogen and oxygen atoms in total. The van der Waals surface area contributed by atoms with Crippen LogP contribution < -0.4 is 0 Å². The Morgan fingerprint density at radius 1 is 1.04 bits per heavy atom. The van der Waals surface area contributed by atoms with Crippen LogP contribution in [0.5, 0.6) is 0 Å². The third kappa shape index (κ3) is 3.90. The summed E-state index contributed by atoms with van der Waals surface area (Å²) in [5, 5.41) is 0. The largest absolute Gasteiger partial charge is 0.305 e. The third-order valence-corrected chi connectivity index (χ3v) is 6.78. The van der Waals surface area contributed by atoms with Gasteiger partial charge in [0.1, 0.15) is 0 Å². The van der Waals surface area contributed by atoms with Crippen molar-refractivity contribution in [3.63, 3.8) is 0 Å². The van der Waals surface area contributed by atoms with Gasteiger partial charge >= 0.3 is 0 Å². The Hall–Kier alpha value is -1.16. The van der Waals surface area contributed by atoms with Gasteiger partial charge in [-0.25, -0.2) is 0 Å². The van der Waals surface area contributed by atoms with Crippen molar-refractivity contribution >= 4 is 34.5 Å². The molecule has 1 aliphatic heterocycles. The summed E-state index contributed by atoms with van der Waals surface area (Å²) < 4.78 is 0. The minimum atomic E-state index is 0.973. The Balaban J connectivity index is 1.52. The van der Waals surface area contributed by atoms with Gasteiger partial charge in [-0.05, 0) is 49.6 Å². The fourth-order valence-corrected chi connectivity index (χ4v) is 5.35. The molecule has 0 saturated heterocycles. The van der Waals surface area contributed by atoms with Crippen molar-refractivity contribution in [2.24, 2.45) is 5.92 Å². The van der Waals surface area contributed by atoms with E-state index in [1.165, 1.54) is 45.2 Å². The van der Waals surface area contributed by atoms with E-state index in [0.717, 1.165) is 18.2 Å². The predicted octanol–water partition coefficient (Wildman–Crippen LogP) is 5.72. The second-order valence-corrected chi connectivity index (χ2v) is 8.92. The molecule has 0 spiro atoms. The van der Waals surface area contributed by atoms with E-state index in [1.54, 1.807) is 0 Å². The van der Waals surface area contributed by atoms with Crippen molar-refractivity contribution in [1.29, 1.82) is 0 Å². The Morgan fingerprint density at radius 3 is 2.62 bits per heavy atom. The number of thioether (sulfide) groups is 1. The number of fused-ring (bicyclic) bond motifs is 2. The standard InChI is InChI=1S/C21H23NS2/c1-22(15-16-10-11-16)12-13-23-21-14-17-6-2-4-8-19(17)24-20-9-5-3-7-18(20)21/h2-9,14,16H,10-13,15H2,1H3. The molecule has 2 aromatic carbocycles. The van der Waals surface area contributed by atoms with E-state index >= 15 is 0 Å². The van der Waals surface area contributed by atoms with Gasteiger partial charge in [0.05, 0.1) is 0 Å². The number of hydrogen-bond donors (Lipinski definition) is 0. The summed E-state index contributed by atoms with van der Waals surface area (Å²) in [6.07, 6.45) is 5.24. The molecule has 2 aromatic rings. The number of hydrogen-bond acceptors (Lipinski definition) is 3. The predicted molar refractivity (Wildman–Crippen MR) is 108 cm³/mol. The molecule has 0 radical (unpaired) electrons. The molecule has 3 heteroatoms. The monoisotopic (exact) mass is 353 g/mol. The summed E-state index contributed by atoms with van der Waals surface area (Å²) in [5.74, 6) is 2.12. The topological polar surface area (TPSA) is 3.24 Å². The van der Waals surface area contributed by atoms with Gasteiger partial charge in [-0.15, -0.1) is 11.8 Å². The van der Waals surface area contributed by atoms with Crippen molar-refractivity contribution in [2.45, 2.75) is 22.6 Å². The van der Waals surface area contributed by atoms with Crippen LogP contribution in [0.2, 0.25) is 0 Å². The number of rotatable bonds is 6. The van der Waals surface area contributed by atoms with E-state index in [4.69, 9.17) is 0 Å². The zero-order valence-corrected chi connectivity index (χ0v) is 15.7.